The Morgan fingerprint density at radius 1 is 1.25 bits per heavy atom. The first-order valence-electron chi connectivity index (χ1n) is 5.54. The molecular weight excluding hydrogens is 276 g/mol. The van der Waals surface area contributed by atoms with E-state index in [0.717, 1.165) is 10.7 Å². The summed E-state index contributed by atoms with van der Waals surface area (Å²) in [5, 5.41) is 3.34. The second-order valence-electron chi connectivity index (χ2n) is 3.52. The molecule has 6 heteroatoms. The van der Waals surface area contributed by atoms with Crippen LogP contribution in [0.25, 0.3) is 0 Å². The number of nitrogens with two attached hydrogens (primary N) is 1. The minimum absolute atomic E-state index is 0.424. The maximum absolute atomic E-state index is 5.39. The van der Waals surface area contributed by atoms with Crippen molar-refractivity contribution in [3.8, 4) is 0 Å². The number of hydrogen-bond donors (Lipinski definition) is 2. The van der Waals surface area contributed by atoms with E-state index >= 15 is 0 Å². The molecule has 0 aliphatic heterocycles. The summed E-state index contributed by atoms with van der Waals surface area (Å²) in [5.41, 5.74) is 5.39. The number of rotatable bonds is 6. The van der Waals surface area contributed by atoms with Gasteiger partial charge in [-0.25, -0.2) is 0 Å². The monoisotopic (exact) mass is 296 g/mol. The van der Waals surface area contributed by atoms with Crippen molar-refractivity contribution >= 4 is 54.7 Å². The van der Waals surface area contributed by atoms with Gasteiger partial charge in [-0.15, -0.1) is 0 Å². The summed E-state index contributed by atoms with van der Waals surface area (Å²) < 4.78 is 1.20. The van der Waals surface area contributed by atoms with Crippen molar-refractivity contribution < 1.29 is 0 Å². The molecule has 94 valence electrons. The second kappa shape index (κ2) is 10.6. The molecule has 0 aromatic carbocycles. The average molecular weight is 297 g/mol. The molecule has 0 spiro atoms. The first kappa shape index (κ1) is 16.5. The lowest BCUT2D eigenvalue weighted by Crippen LogP contribution is -2.31. The Labute approximate surface area is 117 Å². The highest BCUT2D eigenvalue weighted by atomic mass is 33.1. The standard InChI is InChI=1S/C10H20N2S4/c1-3-5-6-7-8(4-2)12-10(14)16-15-9(11)13/h8H,3-7H2,1-2H3,(H2,11,13)(H,12,14). The molecule has 1 atom stereocenters. The predicted octanol–water partition coefficient (Wildman–Crippen LogP) is 3.84. The third kappa shape index (κ3) is 9.69. The van der Waals surface area contributed by atoms with Crippen LogP contribution >= 0.6 is 46.0 Å². The fraction of sp³-hybridized carbons (Fsp3) is 0.800. The van der Waals surface area contributed by atoms with Gasteiger partial charge in [-0.1, -0.05) is 57.5 Å². The molecule has 0 aromatic rings. The van der Waals surface area contributed by atoms with Crippen LogP contribution in [-0.2, 0) is 0 Å². The van der Waals surface area contributed by atoms with Crippen LogP contribution in [0.5, 0.6) is 0 Å². The fourth-order valence-electron chi connectivity index (χ4n) is 1.29. The average Bonchev–Trinajstić information content (AvgIpc) is 2.25. The Kier molecular flexibility index (Phi) is 10.9. The molecule has 0 rings (SSSR count). The van der Waals surface area contributed by atoms with Crippen LogP contribution in [0.3, 0.4) is 0 Å². The third-order valence-corrected chi connectivity index (χ3v) is 5.23. The molecule has 0 saturated carbocycles. The van der Waals surface area contributed by atoms with Gasteiger partial charge in [0.05, 0.1) is 0 Å². The molecule has 0 radical (unpaired) electrons. The summed E-state index contributed by atoms with van der Waals surface area (Å²) in [7, 11) is 2.78. The van der Waals surface area contributed by atoms with E-state index in [1.165, 1.54) is 47.3 Å². The summed E-state index contributed by atoms with van der Waals surface area (Å²) in [4.78, 5) is 0. The molecule has 0 heterocycles. The van der Waals surface area contributed by atoms with Crippen LogP contribution in [0.2, 0.25) is 0 Å². The highest BCUT2D eigenvalue weighted by Crippen LogP contribution is 2.22. The van der Waals surface area contributed by atoms with E-state index in [4.69, 9.17) is 30.2 Å². The molecular formula is C10H20N2S4. The number of unbranched alkanes of at least 4 members (excludes halogenated alkanes) is 2. The highest BCUT2D eigenvalue weighted by molar-refractivity contribution is 8.89. The highest BCUT2D eigenvalue weighted by Gasteiger charge is 2.08. The summed E-state index contributed by atoms with van der Waals surface area (Å²) in [6, 6.07) is 0.485. The number of nitrogens with one attached hydrogen (secondary N) is 1. The van der Waals surface area contributed by atoms with Crippen molar-refractivity contribution in [2.24, 2.45) is 5.73 Å². The van der Waals surface area contributed by atoms with Gasteiger partial charge in [0.1, 0.15) is 8.64 Å². The van der Waals surface area contributed by atoms with Crippen molar-refractivity contribution in [2.45, 2.75) is 52.0 Å². The van der Waals surface area contributed by atoms with Gasteiger partial charge in [0, 0.05) is 6.04 Å². The minimum Gasteiger partial charge on any atom is -0.384 e. The minimum atomic E-state index is 0.424. The fourth-order valence-corrected chi connectivity index (χ4v) is 3.06. The maximum Gasteiger partial charge on any atom is 0.145 e. The van der Waals surface area contributed by atoms with Gasteiger partial charge in [0.15, 0.2) is 0 Å². The van der Waals surface area contributed by atoms with E-state index in [0.29, 0.717) is 10.4 Å². The number of thiocarbonyl (C=S) groups is 2. The van der Waals surface area contributed by atoms with Gasteiger partial charge in [-0.2, -0.15) is 0 Å². The molecule has 0 aromatic heterocycles. The van der Waals surface area contributed by atoms with Gasteiger partial charge in [0.25, 0.3) is 0 Å². The zero-order valence-electron chi connectivity index (χ0n) is 9.82. The van der Waals surface area contributed by atoms with Gasteiger partial charge in [-0.3, -0.25) is 0 Å². The molecule has 0 amide bonds. The van der Waals surface area contributed by atoms with Gasteiger partial charge in [0.2, 0.25) is 0 Å². The van der Waals surface area contributed by atoms with E-state index in [1.54, 1.807) is 0 Å². The molecule has 3 N–H and O–H groups in total. The van der Waals surface area contributed by atoms with Crippen molar-refractivity contribution in [3.63, 3.8) is 0 Å². The van der Waals surface area contributed by atoms with Crippen LogP contribution in [0.4, 0.5) is 0 Å². The first-order chi connectivity index (χ1) is 7.60. The zero-order chi connectivity index (χ0) is 12.4. The molecule has 0 aliphatic carbocycles. The van der Waals surface area contributed by atoms with Crippen molar-refractivity contribution in [2.75, 3.05) is 0 Å². The van der Waals surface area contributed by atoms with Crippen LogP contribution < -0.4 is 11.1 Å². The van der Waals surface area contributed by atoms with E-state index in [1.807, 2.05) is 0 Å². The first-order valence-corrected chi connectivity index (χ1v) is 8.51. The van der Waals surface area contributed by atoms with Crippen molar-refractivity contribution in [1.29, 1.82) is 0 Å². The topological polar surface area (TPSA) is 38.0 Å². The lowest BCUT2D eigenvalue weighted by atomic mass is 10.1. The second-order valence-corrected chi connectivity index (χ2v) is 7.06. The van der Waals surface area contributed by atoms with Crippen LogP contribution in [0.1, 0.15) is 46.0 Å². The van der Waals surface area contributed by atoms with Gasteiger partial charge < -0.3 is 11.1 Å². The normalized spacial score (nSPS) is 12.1. The largest absolute Gasteiger partial charge is 0.384 e. The molecule has 2 nitrogen and oxygen atoms in total. The van der Waals surface area contributed by atoms with Gasteiger partial charge in [-0.05, 0) is 34.4 Å². The third-order valence-electron chi connectivity index (χ3n) is 2.17. The molecule has 0 fully saturated rings. The van der Waals surface area contributed by atoms with E-state index in [-0.39, 0.29) is 0 Å². The predicted molar refractivity (Wildman–Crippen MR) is 85.9 cm³/mol. The summed E-state index contributed by atoms with van der Waals surface area (Å²) in [6.07, 6.45) is 6.09. The quantitative estimate of drug-likeness (QED) is 0.441. The summed E-state index contributed by atoms with van der Waals surface area (Å²) >= 11 is 9.98. The van der Waals surface area contributed by atoms with E-state index in [9.17, 15) is 0 Å². The molecule has 0 bridgehead atoms. The Hall–Kier alpha value is 0.480. The van der Waals surface area contributed by atoms with E-state index in [2.05, 4.69) is 19.2 Å². The maximum atomic E-state index is 5.39. The van der Waals surface area contributed by atoms with Crippen LogP contribution in [0.15, 0.2) is 0 Å². The molecule has 1 unspecified atom stereocenters. The molecule has 16 heavy (non-hydrogen) atoms. The Bertz CT molecular complexity index is 221. The Morgan fingerprint density at radius 2 is 1.94 bits per heavy atom. The SMILES string of the molecule is CCCCCC(CC)NC(=S)SSC(N)=S. The zero-order valence-corrected chi connectivity index (χ0v) is 13.1. The Morgan fingerprint density at radius 3 is 2.44 bits per heavy atom. The molecule has 0 aliphatic rings. The van der Waals surface area contributed by atoms with Crippen molar-refractivity contribution in [3.05, 3.63) is 0 Å². The van der Waals surface area contributed by atoms with Gasteiger partial charge >= 0.3 is 0 Å². The summed E-state index contributed by atoms with van der Waals surface area (Å²) in [5.74, 6) is 0. The lowest BCUT2D eigenvalue weighted by Gasteiger charge is -2.17. The lowest BCUT2D eigenvalue weighted by molar-refractivity contribution is 0.513. The molecule has 0 saturated heterocycles. The van der Waals surface area contributed by atoms with Crippen LogP contribution in [0, 0.1) is 0 Å². The van der Waals surface area contributed by atoms with Crippen LogP contribution in [-0.4, -0.2) is 14.7 Å². The smallest absolute Gasteiger partial charge is 0.145 e. The van der Waals surface area contributed by atoms with Crippen molar-refractivity contribution in [1.82, 2.24) is 5.32 Å². The Balaban J connectivity index is 3.74. The van der Waals surface area contributed by atoms with E-state index < -0.39 is 0 Å². The summed E-state index contributed by atoms with van der Waals surface area (Å²) in [6.45, 7) is 4.39. The number of hydrogen-bond acceptors (Lipinski definition) is 4.